The summed E-state index contributed by atoms with van der Waals surface area (Å²) in [7, 11) is 0. The summed E-state index contributed by atoms with van der Waals surface area (Å²) in [6.07, 6.45) is 4.49. The van der Waals surface area contributed by atoms with Gasteiger partial charge in [0.25, 0.3) is 0 Å². The lowest BCUT2D eigenvalue weighted by Crippen LogP contribution is -2.01. The maximum absolute atomic E-state index is 10.6. The normalized spacial score (nSPS) is 10.7. The van der Waals surface area contributed by atoms with E-state index in [4.69, 9.17) is 10.2 Å². The number of allylic oxidation sites excluding steroid dienone is 2. The van der Waals surface area contributed by atoms with Gasteiger partial charge in [-0.05, 0) is 0 Å². The van der Waals surface area contributed by atoms with Gasteiger partial charge in [0.1, 0.15) is 0 Å². The molecule has 0 aliphatic rings. The van der Waals surface area contributed by atoms with E-state index in [0.717, 1.165) is 12.2 Å². The van der Waals surface area contributed by atoms with Crippen molar-refractivity contribution in [2.75, 3.05) is 13.6 Å². The molecule has 0 aromatic carbocycles. The predicted octanol–water partition coefficient (Wildman–Crippen LogP) is -0.915. The summed E-state index contributed by atoms with van der Waals surface area (Å²) in [6.45, 7) is -1.39. The molecule has 0 fully saturated rings. The minimum atomic E-state index is -0.729. The molecule has 78 valence electrons. The van der Waals surface area contributed by atoms with Crippen LogP contribution in [0.3, 0.4) is 0 Å². The minimum absolute atomic E-state index is 0.695. The fraction of sp³-hybridized carbons (Fsp3) is 0.250. The summed E-state index contributed by atoms with van der Waals surface area (Å²) in [4.78, 5) is 21.1. The van der Waals surface area contributed by atoms with Gasteiger partial charge in [0, 0.05) is 12.2 Å². The molecule has 0 rings (SSSR count). The maximum atomic E-state index is 10.6. The minimum Gasteiger partial charge on any atom is -0.436 e. The molecule has 0 heterocycles. The third-order valence-corrected chi connectivity index (χ3v) is 0.989. The molecule has 0 radical (unpaired) electrons. The van der Waals surface area contributed by atoms with Gasteiger partial charge in [0.15, 0.2) is 13.6 Å². The lowest BCUT2D eigenvalue weighted by atomic mass is 10.4. The lowest BCUT2D eigenvalue weighted by molar-refractivity contribution is -0.146. The van der Waals surface area contributed by atoms with Crippen LogP contribution in [0.1, 0.15) is 0 Å². The van der Waals surface area contributed by atoms with Gasteiger partial charge in [-0.1, -0.05) is 12.2 Å². The van der Waals surface area contributed by atoms with Gasteiger partial charge in [0.05, 0.1) is 0 Å². The Morgan fingerprint density at radius 1 is 0.929 bits per heavy atom. The lowest BCUT2D eigenvalue weighted by Gasteiger charge is -1.92. The molecule has 6 nitrogen and oxygen atoms in total. The summed E-state index contributed by atoms with van der Waals surface area (Å²) in [5, 5.41) is 16.3. The molecule has 0 aliphatic heterocycles. The van der Waals surface area contributed by atoms with Crippen molar-refractivity contribution in [2.45, 2.75) is 0 Å². The van der Waals surface area contributed by atoms with Crippen LogP contribution in [0.5, 0.6) is 0 Å². The van der Waals surface area contributed by atoms with Gasteiger partial charge in [-0.3, -0.25) is 0 Å². The molecule has 0 saturated heterocycles. The Morgan fingerprint density at radius 3 is 1.57 bits per heavy atom. The summed E-state index contributed by atoms with van der Waals surface area (Å²) < 4.78 is 8.27. The van der Waals surface area contributed by atoms with Crippen LogP contribution in [0, 0.1) is 0 Å². The molecule has 14 heavy (non-hydrogen) atoms. The number of rotatable bonds is 5. The Bertz CT molecular complexity index is 216. The topological polar surface area (TPSA) is 93.1 Å². The molecule has 0 spiro atoms. The quantitative estimate of drug-likeness (QED) is 0.259. The Labute approximate surface area is 80.1 Å². The predicted molar refractivity (Wildman–Crippen MR) is 44.6 cm³/mol. The SMILES string of the molecule is O=C(C=CC=CC(=O)OCO)OCO. The van der Waals surface area contributed by atoms with Crippen LogP contribution < -0.4 is 0 Å². The van der Waals surface area contributed by atoms with Gasteiger partial charge in [-0.25, -0.2) is 9.59 Å². The van der Waals surface area contributed by atoms with Gasteiger partial charge >= 0.3 is 11.9 Å². The van der Waals surface area contributed by atoms with Crippen molar-refractivity contribution in [1.82, 2.24) is 0 Å². The number of carbonyl (C=O) groups is 2. The highest BCUT2D eigenvalue weighted by atomic mass is 16.6. The monoisotopic (exact) mass is 202 g/mol. The fourth-order valence-corrected chi connectivity index (χ4v) is 0.492. The average molecular weight is 202 g/mol. The Balaban J connectivity index is 3.80. The summed E-state index contributed by atoms with van der Waals surface area (Å²) in [5.74, 6) is -1.46. The fourth-order valence-electron chi connectivity index (χ4n) is 0.492. The molecule has 0 amide bonds. The van der Waals surface area contributed by atoms with Crippen molar-refractivity contribution in [2.24, 2.45) is 0 Å². The van der Waals surface area contributed by atoms with Gasteiger partial charge in [0.2, 0.25) is 0 Å². The van der Waals surface area contributed by atoms with Crippen LogP contribution >= 0.6 is 0 Å². The van der Waals surface area contributed by atoms with E-state index in [-0.39, 0.29) is 0 Å². The zero-order valence-corrected chi connectivity index (χ0v) is 7.25. The number of ether oxygens (including phenoxy) is 2. The Morgan fingerprint density at radius 2 is 1.29 bits per heavy atom. The van der Waals surface area contributed by atoms with Crippen LogP contribution in [-0.4, -0.2) is 35.7 Å². The van der Waals surface area contributed by atoms with Crippen LogP contribution in [0.4, 0.5) is 0 Å². The maximum Gasteiger partial charge on any atom is 0.332 e. The Kier molecular flexibility index (Phi) is 7.02. The smallest absolute Gasteiger partial charge is 0.332 e. The van der Waals surface area contributed by atoms with E-state index in [1.807, 2.05) is 0 Å². The number of aliphatic hydroxyl groups is 2. The largest absolute Gasteiger partial charge is 0.436 e. The van der Waals surface area contributed by atoms with E-state index >= 15 is 0 Å². The highest BCUT2D eigenvalue weighted by Gasteiger charge is 1.93. The van der Waals surface area contributed by atoms with Crippen molar-refractivity contribution in [1.29, 1.82) is 0 Å². The van der Waals surface area contributed by atoms with Crippen molar-refractivity contribution in [3.8, 4) is 0 Å². The molecule has 6 heteroatoms. The summed E-state index contributed by atoms with van der Waals surface area (Å²) >= 11 is 0. The van der Waals surface area contributed by atoms with E-state index in [1.165, 1.54) is 12.2 Å². The molecule has 2 N–H and O–H groups in total. The van der Waals surface area contributed by atoms with E-state index in [1.54, 1.807) is 0 Å². The van der Waals surface area contributed by atoms with Gasteiger partial charge < -0.3 is 19.7 Å². The number of aliphatic hydroxyl groups excluding tert-OH is 2. The number of carbonyl (C=O) groups excluding carboxylic acids is 2. The van der Waals surface area contributed by atoms with Gasteiger partial charge in [-0.15, -0.1) is 0 Å². The molecule has 0 bridgehead atoms. The van der Waals surface area contributed by atoms with Crippen molar-refractivity contribution < 1.29 is 29.3 Å². The van der Waals surface area contributed by atoms with Crippen molar-refractivity contribution in [3.05, 3.63) is 24.3 Å². The highest BCUT2D eigenvalue weighted by molar-refractivity contribution is 5.84. The standard InChI is InChI=1S/C8H10O6/c9-5-13-7(11)3-1-2-4-8(12)14-6-10/h1-4,9-10H,5-6H2. The van der Waals surface area contributed by atoms with Crippen molar-refractivity contribution in [3.63, 3.8) is 0 Å². The second-order valence-corrected chi connectivity index (χ2v) is 1.90. The second kappa shape index (κ2) is 7.96. The van der Waals surface area contributed by atoms with Crippen LogP contribution in [-0.2, 0) is 19.1 Å². The summed E-state index contributed by atoms with van der Waals surface area (Å²) in [6, 6.07) is 0. The number of hydrogen-bond acceptors (Lipinski definition) is 6. The van der Waals surface area contributed by atoms with E-state index in [0.29, 0.717) is 0 Å². The van der Waals surface area contributed by atoms with E-state index in [9.17, 15) is 9.59 Å². The zero-order chi connectivity index (χ0) is 10.8. The first kappa shape index (κ1) is 12.3. The molecule has 0 unspecified atom stereocenters. The van der Waals surface area contributed by atoms with E-state index in [2.05, 4.69) is 9.47 Å². The third kappa shape index (κ3) is 7.01. The highest BCUT2D eigenvalue weighted by Crippen LogP contribution is 1.84. The number of esters is 2. The molecular weight excluding hydrogens is 192 g/mol. The third-order valence-electron chi connectivity index (χ3n) is 0.989. The van der Waals surface area contributed by atoms with E-state index < -0.39 is 25.5 Å². The first-order chi connectivity index (χ1) is 6.70. The molecular formula is C8H10O6. The molecule has 0 aliphatic carbocycles. The number of hydrogen-bond donors (Lipinski definition) is 2. The first-order valence-corrected chi connectivity index (χ1v) is 3.60. The zero-order valence-electron chi connectivity index (χ0n) is 7.25. The van der Waals surface area contributed by atoms with Crippen molar-refractivity contribution >= 4 is 11.9 Å². The first-order valence-electron chi connectivity index (χ1n) is 3.60. The molecule has 0 aromatic rings. The molecule has 0 saturated carbocycles. The van der Waals surface area contributed by atoms with Crippen LogP contribution in [0.15, 0.2) is 24.3 Å². The van der Waals surface area contributed by atoms with Crippen LogP contribution in [0.25, 0.3) is 0 Å². The average Bonchev–Trinajstić information content (AvgIpc) is 2.13. The molecule has 0 atom stereocenters. The van der Waals surface area contributed by atoms with Crippen LogP contribution in [0.2, 0.25) is 0 Å². The summed E-state index contributed by atoms with van der Waals surface area (Å²) in [5.41, 5.74) is 0. The van der Waals surface area contributed by atoms with Gasteiger partial charge in [-0.2, -0.15) is 0 Å². The second-order valence-electron chi connectivity index (χ2n) is 1.90. The molecule has 0 aromatic heterocycles. The Hall–Kier alpha value is -1.66.